The van der Waals surface area contributed by atoms with E-state index in [0.29, 0.717) is 18.7 Å². The van der Waals surface area contributed by atoms with Crippen LogP contribution in [0.4, 0.5) is 0 Å². The largest absolute Gasteiger partial charge is 0.491 e. The third-order valence-electron chi connectivity index (χ3n) is 3.02. The average Bonchev–Trinajstić information content (AvgIpc) is 2.38. The van der Waals surface area contributed by atoms with Crippen molar-refractivity contribution in [1.82, 2.24) is 5.32 Å². The van der Waals surface area contributed by atoms with Gasteiger partial charge in [-0.05, 0) is 38.5 Å². The van der Waals surface area contributed by atoms with Gasteiger partial charge in [-0.2, -0.15) is 0 Å². The standard InChI is InChI=1S/C15H23NO4/c1-11(2)20-13-7-5-12(6-8-13)15(3,14(17)18)16-9-10-19-4/h5-8,11,16H,9-10H2,1-4H3,(H,17,18). The molecule has 2 N–H and O–H groups in total. The molecule has 5 heteroatoms. The molecule has 112 valence electrons. The van der Waals surface area contributed by atoms with Crippen LogP contribution in [0.2, 0.25) is 0 Å². The lowest BCUT2D eigenvalue weighted by molar-refractivity contribution is -0.144. The van der Waals surface area contributed by atoms with Crippen LogP contribution in [0.15, 0.2) is 24.3 Å². The van der Waals surface area contributed by atoms with Crippen LogP contribution in [0.5, 0.6) is 5.75 Å². The molecule has 0 aliphatic carbocycles. The predicted octanol–water partition coefficient (Wildman–Crippen LogP) is 2.01. The van der Waals surface area contributed by atoms with E-state index in [0.717, 1.165) is 5.75 Å². The minimum Gasteiger partial charge on any atom is -0.491 e. The molecule has 1 unspecified atom stereocenters. The zero-order valence-electron chi connectivity index (χ0n) is 12.5. The Morgan fingerprint density at radius 3 is 2.40 bits per heavy atom. The van der Waals surface area contributed by atoms with Crippen molar-refractivity contribution in [1.29, 1.82) is 0 Å². The van der Waals surface area contributed by atoms with Gasteiger partial charge in [0.15, 0.2) is 0 Å². The van der Waals surface area contributed by atoms with E-state index < -0.39 is 11.5 Å². The van der Waals surface area contributed by atoms with Crippen LogP contribution in [0.25, 0.3) is 0 Å². The minimum atomic E-state index is -1.14. The summed E-state index contributed by atoms with van der Waals surface area (Å²) in [7, 11) is 1.58. The second-order valence-electron chi connectivity index (χ2n) is 5.04. The van der Waals surface area contributed by atoms with Gasteiger partial charge < -0.3 is 14.6 Å². The van der Waals surface area contributed by atoms with Crippen molar-refractivity contribution < 1.29 is 19.4 Å². The van der Waals surface area contributed by atoms with Crippen molar-refractivity contribution in [3.05, 3.63) is 29.8 Å². The third-order valence-corrected chi connectivity index (χ3v) is 3.02. The summed E-state index contributed by atoms with van der Waals surface area (Å²) in [6, 6.07) is 7.11. The number of rotatable bonds is 8. The predicted molar refractivity (Wildman–Crippen MR) is 77.1 cm³/mol. The lowest BCUT2D eigenvalue weighted by Crippen LogP contribution is -2.47. The number of methoxy groups -OCH3 is 1. The second-order valence-corrected chi connectivity index (χ2v) is 5.04. The van der Waals surface area contributed by atoms with E-state index in [2.05, 4.69) is 5.32 Å². The van der Waals surface area contributed by atoms with Crippen LogP contribution in [0, 0.1) is 0 Å². The highest BCUT2D eigenvalue weighted by Crippen LogP contribution is 2.24. The molecule has 1 aromatic carbocycles. The van der Waals surface area contributed by atoms with Gasteiger partial charge in [0.2, 0.25) is 0 Å². The molecule has 0 aromatic heterocycles. The van der Waals surface area contributed by atoms with Crippen molar-refractivity contribution in [2.75, 3.05) is 20.3 Å². The second kappa shape index (κ2) is 7.26. The highest BCUT2D eigenvalue weighted by molar-refractivity contribution is 5.80. The summed E-state index contributed by atoms with van der Waals surface area (Å²) in [5.74, 6) is -0.195. The monoisotopic (exact) mass is 281 g/mol. The molecule has 1 atom stereocenters. The van der Waals surface area contributed by atoms with Gasteiger partial charge in [-0.1, -0.05) is 12.1 Å². The molecular weight excluding hydrogens is 258 g/mol. The molecule has 0 saturated heterocycles. The van der Waals surface area contributed by atoms with Crippen molar-refractivity contribution in [3.8, 4) is 5.75 Å². The van der Waals surface area contributed by atoms with Gasteiger partial charge in [-0.3, -0.25) is 5.32 Å². The Morgan fingerprint density at radius 2 is 1.95 bits per heavy atom. The summed E-state index contributed by atoms with van der Waals surface area (Å²) in [5.41, 5.74) is -0.466. The van der Waals surface area contributed by atoms with Gasteiger partial charge in [0.05, 0.1) is 12.7 Å². The van der Waals surface area contributed by atoms with Crippen LogP contribution in [0.1, 0.15) is 26.3 Å². The van der Waals surface area contributed by atoms with E-state index in [9.17, 15) is 9.90 Å². The van der Waals surface area contributed by atoms with E-state index in [4.69, 9.17) is 9.47 Å². The first-order chi connectivity index (χ1) is 9.40. The Balaban J connectivity index is 2.88. The number of carbonyl (C=O) groups is 1. The van der Waals surface area contributed by atoms with E-state index in [1.165, 1.54) is 0 Å². The maximum Gasteiger partial charge on any atom is 0.328 e. The molecule has 0 aliphatic heterocycles. The van der Waals surface area contributed by atoms with E-state index in [1.807, 2.05) is 13.8 Å². The Kier molecular flexibility index (Phi) is 5.98. The molecule has 0 saturated carbocycles. The lowest BCUT2D eigenvalue weighted by Gasteiger charge is -2.27. The molecule has 0 fully saturated rings. The van der Waals surface area contributed by atoms with Gasteiger partial charge >= 0.3 is 5.97 Å². The zero-order valence-corrected chi connectivity index (χ0v) is 12.5. The highest BCUT2D eigenvalue weighted by atomic mass is 16.5. The van der Waals surface area contributed by atoms with E-state index in [1.54, 1.807) is 38.3 Å². The maximum absolute atomic E-state index is 11.5. The van der Waals surface area contributed by atoms with Crippen LogP contribution in [0.3, 0.4) is 0 Å². The summed E-state index contributed by atoms with van der Waals surface area (Å²) in [4.78, 5) is 11.5. The first-order valence-electron chi connectivity index (χ1n) is 6.64. The molecule has 0 bridgehead atoms. The van der Waals surface area contributed by atoms with Crippen LogP contribution >= 0.6 is 0 Å². The molecule has 0 radical (unpaired) electrons. The first kappa shape index (κ1) is 16.5. The zero-order chi connectivity index (χ0) is 15.2. The molecule has 0 aliphatic rings. The van der Waals surface area contributed by atoms with Gasteiger partial charge in [-0.25, -0.2) is 4.79 Å². The number of aliphatic carboxylic acids is 1. The van der Waals surface area contributed by atoms with Crippen molar-refractivity contribution in [2.45, 2.75) is 32.4 Å². The summed E-state index contributed by atoms with van der Waals surface area (Å²) >= 11 is 0. The summed E-state index contributed by atoms with van der Waals surface area (Å²) < 4.78 is 10.5. The van der Waals surface area contributed by atoms with Crippen LogP contribution in [-0.4, -0.2) is 37.4 Å². The molecule has 0 heterocycles. The Bertz CT molecular complexity index is 430. The molecule has 1 aromatic rings. The number of carboxylic acids is 1. The molecular formula is C15H23NO4. The minimum absolute atomic E-state index is 0.0894. The molecule has 1 rings (SSSR count). The summed E-state index contributed by atoms with van der Waals surface area (Å²) in [6.45, 7) is 6.45. The number of ether oxygens (including phenoxy) is 2. The maximum atomic E-state index is 11.5. The summed E-state index contributed by atoms with van der Waals surface area (Å²) in [6.07, 6.45) is 0.0894. The Labute approximate surface area is 119 Å². The number of carboxylic acid groups (broad SMARTS) is 1. The smallest absolute Gasteiger partial charge is 0.328 e. The third kappa shape index (κ3) is 4.21. The van der Waals surface area contributed by atoms with Crippen LogP contribution in [-0.2, 0) is 15.1 Å². The van der Waals surface area contributed by atoms with E-state index >= 15 is 0 Å². The molecule has 5 nitrogen and oxygen atoms in total. The molecule has 20 heavy (non-hydrogen) atoms. The quantitative estimate of drug-likeness (QED) is 0.713. The normalized spacial score (nSPS) is 14.1. The van der Waals surface area contributed by atoms with Gasteiger partial charge in [0.25, 0.3) is 0 Å². The SMILES string of the molecule is COCCNC(C)(C(=O)O)c1ccc(OC(C)C)cc1. The number of benzene rings is 1. The van der Waals surface area contributed by atoms with Gasteiger partial charge in [0, 0.05) is 13.7 Å². The van der Waals surface area contributed by atoms with Crippen molar-refractivity contribution in [2.24, 2.45) is 0 Å². The lowest BCUT2D eigenvalue weighted by atomic mass is 9.92. The topological polar surface area (TPSA) is 67.8 Å². The number of hydrogen-bond donors (Lipinski definition) is 2. The number of nitrogens with one attached hydrogen (secondary N) is 1. The first-order valence-corrected chi connectivity index (χ1v) is 6.64. The van der Waals surface area contributed by atoms with E-state index in [-0.39, 0.29) is 6.10 Å². The molecule has 0 spiro atoms. The Hall–Kier alpha value is -1.59. The van der Waals surface area contributed by atoms with Crippen LogP contribution < -0.4 is 10.1 Å². The summed E-state index contributed by atoms with van der Waals surface area (Å²) in [5, 5.41) is 12.5. The fourth-order valence-electron chi connectivity index (χ4n) is 1.84. The Morgan fingerprint density at radius 1 is 1.35 bits per heavy atom. The van der Waals surface area contributed by atoms with Crippen molar-refractivity contribution >= 4 is 5.97 Å². The average molecular weight is 281 g/mol. The number of hydrogen-bond acceptors (Lipinski definition) is 4. The van der Waals surface area contributed by atoms with Gasteiger partial charge in [-0.15, -0.1) is 0 Å². The fraction of sp³-hybridized carbons (Fsp3) is 0.533. The molecule has 0 amide bonds. The highest BCUT2D eigenvalue weighted by Gasteiger charge is 2.34. The van der Waals surface area contributed by atoms with Crippen molar-refractivity contribution in [3.63, 3.8) is 0 Å². The van der Waals surface area contributed by atoms with Gasteiger partial charge in [0.1, 0.15) is 11.3 Å². The fourth-order valence-corrected chi connectivity index (χ4v) is 1.84.